The second kappa shape index (κ2) is 5.15. The molecule has 3 atom stereocenters. The quantitative estimate of drug-likeness (QED) is 0.581. The van der Waals surface area contributed by atoms with Gasteiger partial charge < -0.3 is 9.47 Å². The van der Waals surface area contributed by atoms with Crippen molar-refractivity contribution in [2.24, 2.45) is 0 Å². The number of carbonyl (C=O) groups is 1. The van der Waals surface area contributed by atoms with Crippen LogP contribution in [-0.4, -0.2) is 18.2 Å². The third-order valence-corrected chi connectivity index (χ3v) is 2.73. The predicted molar refractivity (Wildman–Crippen MR) is 64.4 cm³/mol. The minimum atomic E-state index is -0.285. The minimum Gasteiger partial charge on any atom is -0.456 e. The molecule has 90 valence electrons. The molecule has 2 rings (SSSR count). The van der Waals surface area contributed by atoms with Gasteiger partial charge in [-0.2, -0.15) is 0 Å². The van der Waals surface area contributed by atoms with Crippen molar-refractivity contribution in [1.29, 1.82) is 0 Å². The topological polar surface area (TPSA) is 35.5 Å². The number of benzene rings is 1. The van der Waals surface area contributed by atoms with Crippen molar-refractivity contribution < 1.29 is 14.3 Å². The highest BCUT2D eigenvalue weighted by Crippen LogP contribution is 2.27. The predicted octanol–water partition coefficient (Wildman–Crippen LogP) is 2.63. The number of carbonyl (C=O) groups excluding carboxylic acids is 1. The highest BCUT2D eigenvalue weighted by Gasteiger charge is 2.26. The lowest BCUT2D eigenvalue weighted by atomic mass is 10.0. The average molecular weight is 232 g/mol. The number of esters is 1. The van der Waals surface area contributed by atoms with Gasteiger partial charge in [-0.25, -0.2) is 0 Å². The van der Waals surface area contributed by atoms with Crippen LogP contribution in [0.4, 0.5) is 0 Å². The highest BCUT2D eigenvalue weighted by atomic mass is 16.6. The standard InChI is InChI=1S/C14H16O3/c1-10-13(17-11(2)15)8-9-14(16-10)12-6-4-3-5-7-12/h3-10,13-14H,1-2H3/t10-,13+,14+/m0/s1. The zero-order valence-corrected chi connectivity index (χ0v) is 10.00. The summed E-state index contributed by atoms with van der Waals surface area (Å²) >= 11 is 0. The summed E-state index contributed by atoms with van der Waals surface area (Å²) in [6.45, 7) is 3.32. The smallest absolute Gasteiger partial charge is 0.303 e. The Balaban J connectivity index is 2.09. The first-order chi connectivity index (χ1) is 8.16. The summed E-state index contributed by atoms with van der Waals surface area (Å²) < 4.78 is 11.0. The molecule has 1 heterocycles. The molecule has 0 bridgehead atoms. The van der Waals surface area contributed by atoms with E-state index in [1.54, 1.807) is 0 Å². The second-order valence-electron chi connectivity index (χ2n) is 4.13. The van der Waals surface area contributed by atoms with Crippen molar-refractivity contribution in [3.8, 4) is 0 Å². The maximum Gasteiger partial charge on any atom is 0.303 e. The van der Waals surface area contributed by atoms with Crippen LogP contribution in [0, 0.1) is 0 Å². The van der Waals surface area contributed by atoms with E-state index in [0.717, 1.165) is 5.56 Å². The molecule has 0 radical (unpaired) electrons. The molecule has 0 N–H and O–H groups in total. The molecular formula is C14H16O3. The van der Waals surface area contributed by atoms with Crippen LogP contribution in [-0.2, 0) is 14.3 Å². The van der Waals surface area contributed by atoms with Crippen molar-refractivity contribution in [2.45, 2.75) is 32.2 Å². The Morgan fingerprint density at radius 3 is 2.53 bits per heavy atom. The van der Waals surface area contributed by atoms with Gasteiger partial charge in [0.2, 0.25) is 0 Å². The van der Waals surface area contributed by atoms with Crippen LogP contribution in [0.25, 0.3) is 0 Å². The number of hydrogen-bond donors (Lipinski definition) is 0. The number of hydrogen-bond acceptors (Lipinski definition) is 3. The Bertz CT molecular complexity index is 411. The maximum atomic E-state index is 10.9. The largest absolute Gasteiger partial charge is 0.456 e. The number of ether oxygens (including phenoxy) is 2. The van der Waals surface area contributed by atoms with Crippen molar-refractivity contribution >= 4 is 5.97 Å². The summed E-state index contributed by atoms with van der Waals surface area (Å²) in [5, 5.41) is 0. The summed E-state index contributed by atoms with van der Waals surface area (Å²) in [6.07, 6.45) is 3.36. The maximum absolute atomic E-state index is 10.9. The van der Waals surface area contributed by atoms with E-state index in [4.69, 9.17) is 9.47 Å². The normalized spacial score (nSPS) is 27.8. The fourth-order valence-electron chi connectivity index (χ4n) is 1.88. The SMILES string of the molecule is CC(=O)O[C@@H]1C=C[C@H](c2ccccc2)O[C@H]1C. The van der Waals surface area contributed by atoms with Crippen molar-refractivity contribution in [1.82, 2.24) is 0 Å². The van der Waals surface area contributed by atoms with Gasteiger partial charge >= 0.3 is 5.97 Å². The molecule has 17 heavy (non-hydrogen) atoms. The van der Waals surface area contributed by atoms with E-state index in [1.807, 2.05) is 49.4 Å². The molecule has 0 fully saturated rings. The van der Waals surface area contributed by atoms with E-state index in [2.05, 4.69) is 0 Å². The Morgan fingerprint density at radius 1 is 1.24 bits per heavy atom. The van der Waals surface area contributed by atoms with Gasteiger partial charge in [0, 0.05) is 6.92 Å². The van der Waals surface area contributed by atoms with Crippen LogP contribution in [0.1, 0.15) is 25.5 Å². The fourth-order valence-corrected chi connectivity index (χ4v) is 1.88. The molecule has 0 aromatic heterocycles. The van der Waals surface area contributed by atoms with Gasteiger partial charge in [0.25, 0.3) is 0 Å². The Morgan fingerprint density at radius 2 is 1.94 bits per heavy atom. The Kier molecular flexibility index (Phi) is 3.59. The van der Waals surface area contributed by atoms with Crippen LogP contribution in [0.15, 0.2) is 42.5 Å². The molecule has 0 aliphatic carbocycles. The zero-order chi connectivity index (χ0) is 12.3. The lowest BCUT2D eigenvalue weighted by Gasteiger charge is -2.29. The molecule has 1 aliphatic rings. The van der Waals surface area contributed by atoms with Gasteiger partial charge in [-0.1, -0.05) is 36.4 Å². The van der Waals surface area contributed by atoms with E-state index < -0.39 is 0 Å². The van der Waals surface area contributed by atoms with Crippen LogP contribution in [0.2, 0.25) is 0 Å². The highest BCUT2D eigenvalue weighted by molar-refractivity contribution is 5.66. The Labute approximate surface area is 101 Å². The molecule has 0 spiro atoms. The first kappa shape index (κ1) is 11.9. The van der Waals surface area contributed by atoms with Crippen LogP contribution in [0.3, 0.4) is 0 Å². The molecule has 0 saturated heterocycles. The molecule has 1 aromatic carbocycles. The number of rotatable bonds is 2. The van der Waals surface area contributed by atoms with Crippen LogP contribution >= 0.6 is 0 Å². The lowest BCUT2D eigenvalue weighted by molar-refractivity contribution is -0.153. The zero-order valence-electron chi connectivity index (χ0n) is 10.00. The van der Waals surface area contributed by atoms with Gasteiger partial charge in [-0.3, -0.25) is 4.79 Å². The van der Waals surface area contributed by atoms with E-state index in [9.17, 15) is 4.79 Å². The summed E-state index contributed by atoms with van der Waals surface area (Å²) in [4.78, 5) is 10.9. The van der Waals surface area contributed by atoms with E-state index in [-0.39, 0.29) is 24.3 Å². The lowest BCUT2D eigenvalue weighted by Crippen LogP contribution is -2.33. The van der Waals surface area contributed by atoms with E-state index in [0.29, 0.717) is 0 Å². The monoisotopic (exact) mass is 232 g/mol. The third kappa shape index (κ3) is 2.94. The summed E-state index contributed by atoms with van der Waals surface area (Å²) in [6, 6.07) is 9.98. The van der Waals surface area contributed by atoms with E-state index in [1.165, 1.54) is 6.92 Å². The van der Waals surface area contributed by atoms with Crippen LogP contribution in [0.5, 0.6) is 0 Å². The molecule has 0 unspecified atom stereocenters. The van der Waals surface area contributed by atoms with Gasteiger partial charge in [-0.05, 0) is 18.6 Å². The first-order valence-corrected chi connectivity index (χ1v) is 5.73. The van der Waals surface area contributed by atoms with Gasteiger partial charge in [-0.15, -0.1) is 0 Å². The molecule has 1 aromatic rings. The van der Waals surface area contributed by atoms with E-state index >= 15 is 0 Å². The van der Waals surface area contributed by atoms with Crippen molar-refractivity contribution in [3.05, 3.63) is 48.0 Å². The first-order valence-electron chi connectivity index (χ1n) is 5.73. The summed E-state index contributed by atoms with van der Waals surface area (Å²) in [7, 11) is 0. The molecular weight excluding hydrogens is 216 g/mol. The third-order valence-electron chi connectivity index (χ3n) is 2.73. The second-order valence-corrected chi connectivity index (χ2v) is 4.13. The van der Waals surface area contributed by atoms with Gasteiger partial charge in [0.05, 0.1) is 6.10 Å². The average Bonchev–Trinajstić information content (AvgIpc) is 2.32. The Hall–Kier alpha value is -1.61. The summed E-state index contributed by atoms with van der Waals surface area (Å²) in [5.41, 5.74) is 1.11. The minimum absolute atomic E-state index is 0.0574. The molecule has 1 aliphatic heterocycles. The van der Waals surface area contributed by atoms with Gasteiger partial charge in [0.15, 0.2) is 0 Å². The molecule has 3 heteroatoms. The fraction of sp³-hybridized carbons (Fsp3) is 0.357. The van der Waals surface area contributed by atoms with Crippen LogP contribution < -0.4 is 0 Å². The molecule has 0 saturated carbocycles. The molecule has 3 nitrogen and oxygen atoms in total. The van der Waals surface area contributed by atoms with Crippen molar-refractivity contribution in [3.63, 3.8) is 0 Å². The van der Waals surface area contributed by atoms with Crippen molar-refractivity contribution in [2.75, 3.05) is 0 Å². The summed E-state index contributed by atoms with van der Waals surface area (Å²) in [5.74, 6) is -0.284. The van der Waals surface area contributed by atoms with Gasteiger partial charge in [0.1, 0.15) is 12.2 Å². The molecule has 0 amide bonds.